The smallest absolute Gasteiger partial charge is 0.467 e. The number of carbonyl (C=O) groups is 1. The Kier molecular flexibility index (Phi) is 8.42. The van der Waals surface area contributed by atoms with E-state index in [0.29, 0.717) is 0 Å². The summed E-state index contributed by atoms with van der Waals surface area (Å²) < 4.78 is 35.2. The molecule has 16 heavy (non-hydrogen) atoms. The van der Waals surface area contributed by atoms with Crippen molar-refractivity contribution in [1.82, 2.24) is 0 Å². The van der Waals surface area contributed by atoms with E-state index in [1.165, 1.54) is 7.11 Å². The molecule has 0 heterocycles. The molecular weight excluding hydrogens is 239 g/mol. The number of rotatable bonds is 9. The van der Waals surface area contributed by atoms with Crippen molar-refractivity contribution in [3.05, 3.63) is 0 Å². The lowest BCUT2D eigenvalue weighted by Crippen LogP contribution is -2.12. The van der Waals surface area contributed by atoms with Gasteiger partial charge in [0.15, 0.2) is 6.79 Å². The first-order valence-corrected chi connectivity index (χ1v) is 6.22. The van der Waals surface area contributed by atoms with Gasteiger partial charge in [-0.1, -0.05) is 0 Å². The van der Waals surface area contributed by atoms with E-state index in [-0.39, 0.29) is 26.6 Å². The number of hydrogen-bond acceptors (Lipinski definition) is 7. The summed E-state index contributed by atoms with van der Waals surface area (Å²) in [4.78, 5) is 10.7. The van der Waals surface area contributed by atoms with Gasteiger partial charge in [-0.3, -0.25) is 13.6 Å². The average Bonchev–Trinajstić information content (AvgIpc) is 2.25. The minimum atomic E-state index is -3.56. The van der Waals surface area contributed by atoms with E-state index < -0.39 is 13.8 Å². The Balaban J connectivity index is 3.85. The molecule has 7 nitrogen and oxygen atoms in total. The van der Waals surface area contributed by atoms with Crippen molar-refractivity contribution < 1.29 is 32.4 Å². The summed E-state index contributed by atoms with van der Waals surface area (Å²) in [7, 11) is -2.33. The summed E-state index contributed by atoms with van der Waals surface area (Å²) in [6, 6.07) is 0. The van der Waals surface area contributed by atoms with Crippen LogP contribution in [0.25, 0.3) is 0 Å². The predicted molar refractivity (Wildman–Crippen MR) is 54.8 cm³/mol. The molecule has 0 spiro atoms. The second kappa shape index (κ2) is 8.66. The Hall–Kier alpha value is -0.460. The number of esters is 1. The van der Waals surface area contributed by atoms with E-state index in [4.69, 9.17) is 18.3 Å². The molecule has 0 aromatic carbocycles. The quantitative estimate of drug-likeness (QED) is 0.266. The summed E-state index contributed by atoms with van der Waals surface area (Å²) in [6.07, 6.45) is 0. The second-order valence-corrected chi connectivity index (χ2v) is 4.12. The molecule has 0 aliphatic heterocycles. The maximum absolute atomic E-state index is 11.7. The van der Waals surface area contributed by atoms with E-state index >= 15 is 0 Å². The Morgan fingerprint density at radius 1 is 1.12 bits per heavy atom. The van der Waals surface area contributed by atoms with Crippen LogP contribution in [0.5, 0.6) is 0 Å². The molecule has 0 rings (SSSR count). The lowest BCUT2D eigenvalue weighted by molar-refractivity contribution is -0.149. The minimum absolute atomic E-state index is 0.189. The number of ether oxygens (including phenoxy) is 2. The van der Waals surface area contributed by atoms with Crippen LogP contribution in [0.1, 0.15) is 13.8 Å². The van der Waals surface area contributed by atoms with E-state index in [0.717, 1.165) is 0 Å². The van der Waals surface area contributed by atoms with Crippen molar-refractivity contribution in [3.63, 3.8) is 0 Å². The fourth-order valence-electron chi connectivity index (χ4n) is 0.714. The molecule has 0 fully saturated rings. The van der Waals surface area contributed by atoms with Crippen LogP contribution in [0.4, 0.5) is 0 Å². The minimum Gasteiger partial charge on any atom is -0.467 e. The number of hydrogen-bond donors (Lipinski definition) is 0. The van der Waals surface area contributed by atoms with Gasteiger partial charge in [0, 0.05) is 0 Å². The third-order valence-corrected chi connectivity index (χ3v) is 2.89. The lowest BCUT2D eigenvalue weighted by Gasteiger charge is -2.15. The largest absolute Gasteiger partial charge is 0.476 e. The Morgan fingerprint density at radius 2 is 1.69 bits per heavy atom. The second-order valence-electron chi connectivity index (χ2n) is 2.45. The van der Waals surface area contributed by atoms with Gasteiger partial charge in [-0.2, -0.15) is 0 Å². The van der Waals surface area contributed by atoms with Crippen LogP contribution in [-0.4, -0.2) is 39.7 Å². The third kappa shape index (κ3) is 6.92. The van der Waals surface area contributed by atoms with Gasteiger partial charge in [0.05, 0.1) is 20.3 Å². The van der Waals surface area contributed by atoms with E-state index in [2.05, 4.69) is 4.74 Å². The van der Waals surface area contributed by atoms with Gasteiger partial charge in [-0.25, -0.2) is 9.36 Å². The summed E-state index contributed by atoms with van der Waals surface area (Å²) in [6.45, 7) is 3.04. The van der Waals surface area contributed by atoms with Crippen molar-refractivity contribution in [2.24, 2.45) is 0 Å². The van der Waals surface area contributed by atoms with Crippen LogP contribution < -0.4 is 0 Å². The number of carbonyl (C=O) groups excluding carboxylic acids is 1. The highest BCUT2D eigenvalue weighted by Gasteiger charge is 2.25. The van der Waals surface area contributed by atoms with Gasteiger partial charge >= 0.3 is 13.8 Å². The van der Waals surface area contributed by atoms with Crippen molar-refractivity contribution in [2.75, 3.05) is 33.7 Å². The number of phosphoric acid groups is 1. The van der Waals surface area contributed by atoms with Crippen molar-refractivity contribution >= 4 is 13.8 Å². The molecule has 96 valence electrons. The van der Waals surface area contributed by atoms with Crippen molar-refractivity contribution in [1.29, 1.82) is 0 Å². The van der Waals surface area contributed by atoms with Gasteiger partial charge in [0.1, 0.15) is 6.61 Å². The van der Waals surface area contributed by atoms with E-state index in [1.807, 2.05) is 0 Å². The molecule has 0 saturated carbocycles. The molecule has 0 saturated heterocycles. The highest BCUT2D eigenvalue weighted by molar-refractivity contribution is 7.48. The fourth-order valence-corrected chi connectivity index (χ4v) is 1.77. The normalized spacial score (nSPS) is 11.4. The monoisotopic (exact) mass is 256 g/mol. The maximum Gasteiger partial charge on any atom is 0.476 e. The van der Waals surface area contributed by atoms with Crippen LogP contribution in [0, 0.1) is 0 Å². The molecular formula is C8H17O7P. The highest BCUT2D eigenvalue weighted by Crippen LogP contribution is 2.48. The molecule has 0 aliphatic rings. The van der Waals surface area contributed by atoms with Gasteiger partial charge in [0.2, 0.25) is 0 Å². The van der Waals surface area contributed by atoms with Crippen LogP contribution in [-0.2, 0) is 32.4 Å². The molecule has 8 heteroatoms. The molecule has 0 radical (unpaired) electrons. The van der Waals surface area contributed by atoms with Gasteiger partial charge in [-0.15, -0.1) is 0 Å². The molecule has 0 aromatic rings. The first-order chi connectivity index (χ1) is 7.58. The van der Waals surface area contributed by atoms with Crippen LogP contribution in [0.15, 0.2) is 0 Å². The summed E-state index contributed by atoms with van der Waals surface area (Å²) in [5.41, 5.74) is 0. The fraction of sp³-hybridized carbons (Fsp3) is 0.875. The standard InChI is InChI=1S/C8H17O7P/c1-4-13-16(10,14-5-2)15-7-12-6-8(9)11-3/h4-7H2,1-3H3. The first kappa shape index (κ1) is 15.5. The Labute approximate surface area is 94.6 Å². The maximum atomic E-state index is 11.7. The van der Waals surface area contributed by atoms with Crippen molar-refractivity contribution in [3.8, 4) is 0 Å². The third-order valence-electron chi connectivity index (χ3n) is 1.32. The molecule has 0 aromatic heterocycles. The summed E-state index contributed by atoms with van der Waals surface area (Å²) in [5, 5.41) is 0. The zero-order valence-electron chi connectivity index (χ0n) is 9.63. The average molecular weight is 256 g/mol. The molecule has 0 N–H and O–H groups in total. The van der Waals surface area contributed by atoms with E-state index in [9.17, 15) is 9.36 Å². The van der Waals surface area contributed by atoms with Gasteiger partial charge in [0.25, 0.3) is 0 Å². The lowest BCUT2D eigenvalue weighted by atomic mass is 10.7. The SMILES string of the molecule is CCOP(=O)(OCC)OCOCC(=O)OC. The Morgan fingerprint density at radius 3 is 2.12 bits per heavy atom. The Bertz CT molecular complexity index is 233. The van der Waals surface area contributed by atoms with E-state index in [1.54, 1.807) is 13.8 Å². The van der Waals surface area contributed by atoms with Gasteiger partial charge < -0.3 is 9.47 Å². The zero-order chi connectivity index (χ0) is 12.4. The summed E-state index contributed by atoms with van der Waals surface area (Å²) in [5.74, 6) is -0.550. The number of methoxy groups -OCH3 is 1. The predicted octanol–water partition coefficient (Wildman–Crippen LogP) is 1.33. The molecule has 0 amide bonds. The van der Waals surface area contributed by atoms with Crippen LogP contribution >= 0.6 is 7.82 Å². The molecule has 0 unspecified atom stereocenters. The van der Waals surface area contributed by atoms with Crippen LogP contribution in [0.2, 0.25) is 0 Å². The molecule has 0 bridgehead atoms. The van der Waals surface area contributed by atoms with Crippen LogP contribution in [0.3, 0.4) is 0 Å². The zero-order valence-corrected chi connectivity index (χ0v) is 10.5. The number of phosphoric ester groups is 1. The summed E-state index contributed by atoms with van der Waals surface area (Å²) >= 11 is 0. The highest BCUT2D eigenvalue weighted by atomic mass is 31.2. The van der Waals surface area contributed by atoms with Crippen molar-refractivity contribution in [2.45, 2.75) is 13.8 Å². The topological polar surface area (TPSA) is 80.3 Å². The molecule has 0 aliphatic carbocycles. The molecule has 0 atom stereocenters. The van der Waals surface area contributed by atoms with Gasteiger partial charge in [-0.05, 0) is 13.8 Å². The first-order valence-electron chi connectivity index (χ1n) is 4.76.